The number of phenols is 1. The maximum Gasteiger partial charge on any atom is 0.261 e. The summed E-state index contributed by atoms with van der Waals surface area (Å²) in [5.74, 6) is -1.16. The Morgan fingerprint density at radius 1 is 1.05 bits per heavy atom. The Morgan fingerprint density at radius 2 is 1.86 bits per heavy atom. The fraction of sp³-hybridized carbons (Fsp3) is 0.0667. The molecule has 0 fully saturated rings. The molecule has 0 spiro atoms. The van der Waals surface area contributed by atoms with Crippen molar-refractivity contribution in [1.82, 2.24) is 10.1 Å². The summed E-state index contributed by atoms with van der Waals surface area (Å²) in [4.78, 5) is 4.08. The van der Waals surface area contributed by atoms with E-state index in [4.69, 9.17) is 4.52 Å². The minimum Gasteiger partial charge on any atom is -0.508 e. The minimum atomic E-state index is -0.679. The number of hydrogen-bond donors (Lipinski definition) is 1. The normalized spacial score (nSPS) is 10.8. The Bertz CT molecular complexity index is 815. The largest absolute Gasteiger partial charge is 0.508 e. The Balaban J connectivity index is 2.06. The summed E-state index contributed by atoms with van der Waals surface area (Å²) >= 11 is 0. The van der Waals surface area contributed by atoms with Crippen molar-refractivity contribution in [1.29, 1.82) is 0 Å². The molecule has 0 atom stereocenters. The molecule has 1 aromatic heterocycles. The third-order valence-corrected chi connectivity index (χ3v) is 3.05. The van der Waals surface area contributed by atoms with E-state index in [0.717, 1.165) is 11.6 Å². The first kappa shape index (κ1) is 13.2. The Hall–Kier alpha value is -2.76. The Morgan fingerprint density at radius 3 is 2.62 bits per heavy atom. The molecule has 6 heteroatoms. The molecule has 3 rings (SSSR count). The Labute approximate surface area is 118 Å². The molecular formula is C15H10F2N2O2. The number of nitrogens with zero attached hydrogens (tertiary/aromatic N) is 2. The average Bonchev–Trinajstić information content (AvgIpc) is 2.91. The molecule has 0 radical (unpaired) electrons. The summed E-state index contributed by atoms with van der Waals surface area (Å²) < 4.78 is 32.1. The van der Waals surface area contributed by atoms with Gasteiger partial charge in [0.05, 0.1) is 5.56 Å². The van der Waals surface area contributed by atoms with Gasteiger partial charge in [0.25, 0.3) is 5.89 Å². The quantitative estimate of drug-likeness (QED) is 0.781. The first-order valence-corrected chi connectivity index (χ1v) is 6.14. The van der Waals surface area contributed by atoms with Gasteiger partial charge in [-0.15, -0.1) is 0 Å². The summed E-state index contributed by atoms with van der Waals surface area (Å²) in [5, 5.41) is 12.9. The van der Waals surface area contributed by atoms with Gasteiger partial charge in [-0.05, 0) is 36.8 Å². The molecule has 3 aromatic rings. The molecule has 4 nitrogen and oxygen atoms in total. The van der Waals surface area contributed by atoms with Crippen molar-refractivity contribution >= 4 is 0 Å². The van der Waals surface area contributed by atoms with Gasteiger partial charge in [0.2, 0.25) is 5.82 Å². The predicted octanol–water partition coefficient (Wildman–Crippen LogP) is 3.70. The third-order valence-electron chi connectivity index (χ3n) is 3.05. The molecule has 0 amide bonds. The molecule has 1 heterocycles. The number of hydrogen-bond acceptors (Lipinski definition) is 4. The summed E-state index contributed by atoms with van der Waals surface area (Å²) in [6.07, 6.45) is 0. The van der Waals surface area contributed by atoms with Gasteiger partial charge >= 0.3 is 0 Å². The lowest BCUT2D eigenvalue weighted by molar-refractivity contribution is 0.428. The van der Waals surface area contributed by atoms with E-state index in [1.807, 2.05) is 0 Å². The van der Waals surface area contributed by atoms with Gasteiger partial charge in [-0.1, -0.05) is 11.2 Å². The van der Waals surface area contributed by atoms with Crippen LogP contribution in [0.5, 0.6) is 5.75 Å². The third kappa shape index (κ3) is 2.47. The average molecular weight is 288 g/mol. The lowest BCUT2D eigenvalue weighted by Gasteiger charge is -2.00. The highest BCUT2D eigenvalue weighted by Gasteiger charge is 2.16. The maximum atomic E-state index is 13.7. The van der Waals surface area contributed by atoms with Gasteiger partial charge in [-0.2, -0.15) is 4.98 Å². The van der Waals surface area contributed by atoms with E-state index in [0.29, 0.717) is 5.56 Å². The van der Waals surface area contributed by atoms with Crippen molar-refractivity contribution in [2.75, 3.05) is 0 Å². The summed E-state index contributed by atoms with van der Waals surface area (Å²) in [5.41, 5.74) is 1.32. The molecule has 0 aliphatic heterocycles. The molecule has 106 valence electrons. The van der Waals surface area contributed by atoms with Crippen LogP contribution in [0, 0.1) is 18.6 Å². The van der Waals surface area contributed by atoms with Crippen LogP contribution in [0.1, 0.15) is 5.56 Å². The molecule has 2 aromatic carbocycles. The zero-order chi connectivity index (χ0) is 15.0. The van der Waals surface area contributed by atoms with Crippen LogP contribution in [0.3, 0.4) is 0 Å². The summed E-state index contributed by atoms with van der Waals surface area (Å²) in [6.45, 7) is 1.78. The van der Waals surface area contributed by atoms with Crippen LogP contribution >= 0.6 is 0 Å². The van der Waals surface area contributed by atoms with Crippen molar-refractivity contribution in [2.45, 2.75) is 6.92 Å². The number of aromatic hydroxyl groups is 1. The van der Waals surface area contributed by atoms with Crippen molar-refractivity contribution in [2.24, 2.45) is 0 Å². The summed E-state index contributed by atoms with van der Waals surface area (Å²) in [6, 6.07) is 7.82. The van der Waals surface area contributed by atoms with Gasteiger partial charge in [-0.3, -0.25) is 0 Å². The maximum absolute atomic E-state index is 13.7. The van der Waals surface area contributed by atoms with Crippen LogP contribution in [0.25, 0.3) is 22.8 Å². The van der Waals surface area contributed by atoms with Crippen LogP contribution in [0.2, 0.25) is 0 Å². The molecule has 0 unspecified atom stereocenters. The number of rotatable bonds is 2. The molecule has 0 bridgehead atoms. The van der Waals surface area contributed by atoms with E-state index in [1.165, 1.54) is 24.3 Å². The zero-order valence-corrected chi connectivity index (χ0v) is 11.0. The standard InChI is InChI=1S/C15H10F2N2O2/c1-8-2-3-9(16)6-12(8)14-18-15(21-19-14)11-5-4-10(20)7-13(11)17/h2-7,20H,1H3. The first-order chi connectivity index (χ1) is 10.0. The van der Waals surface area contributed by atoms with Crippen molar-refractivity contribution in [3.63, 3.8) is 0 Å². The second-order valence-electron chi connectivity index (χ2n) is 4.55. The van der Waals surface area contributed by atoms with E-state index in [2.05, 4.69) is 10.1 Å². The van der Waals surface area contributed by atoms with Crippen LogP contribution in [-0.2, 0) is 0 Å². The van der Waals surface area contributed by atoms with E-state index < -0.39 is 11.6 Å². The number of phenolic OH excluding ortho intramolecular Hbond substituents is 1. The highest BCUT2D eigenvalue weighted by Crippen LogP contribution is 2.28. The highest BCUT2D eigenvalue weighted by molar-refractivity contribution is 5.63. The van der Waals surface area contributed by atoms with Crippen LogP contribution in [-0.4, -0.2) is 15.2 Å². The van der Waals surface area contributed by atoms with Crippen LogP contribution < -0.4 is 0 Å². The Kier molecular flexibility index (Phi) is 3.13. The van der Waals surface area contributed by atoms with E-state index in [-0.39, 0.29) is 23.0 Å². The highest BCUT2D eigenvalue weighted by atomic mass is 19.1. The van der Waals surface area contributed by atoms with Gasteiger partial charge in [0.15, 0.2) is 0 Å². The molecule has 0 saturated heterocycles. The zero-order valence-electron chi connectivity index (χ0n) is 11.0. The predicted molar refractivity (Wildman–Crippen MR) is 71.5 cm³/mol. The van der Waals surface area contributed by atoms with Gasteiger partial charge < -0.3 is 9.63 Å². The fourth-order valence-electron chi connectivity index (χ4n) is 1.95. The molecule has 0 aliphatic rings. The smallest absolute Gasteiger partial charge is 0.261 e. The van der Waals surface area contributed by atoms with E-state index >= 15 is 0 Å². The van der Waals surface area contributed by atoms with Crippen LogP contribution in [0.15, 0.2) is 40.9 Å². The van der Waals surface area contributed by atoms with Crippen molar-refractivity contribution < 1.29 is 18.4 Å². The number of benzene rings is 2. The molecule has 0 aliphatic carbocycles. The fourth-order valence-corrected chi connectivity index (χ4v) is 1.95. The first-order valence-electron chi connectivity index (χ1n) is 6.14. The van der Waals surface area contributed by atoms with E-state index in [9.17, 15) is 13.9 Å². The van der Waals surface area contributed by atoms with Gasteiger partial charge in [-0.25, -0.2) is 8.78 Å². The van der Waals surface area contributed by atoms with E-state index in [1.54, 1.807) is 13.0 Å². The van der Waals surface area contributed by atoms with Crippen LogP contribution in [0.4, 0.5) is 8.78 Å². The minimum absolute atomic E-state index is 0.0360. The number of halogens is 2. The lowest BCUT2D eigenvalue weighted by Crippen LogP contribution is -1.88. The molecule has 0 saturated carbocycles. The van der Waals surface area contributed by atoms with Gasteiger partial charge in [0, 0.05) is 11.6 Å². The van der Waals surface area contributed by atoms with Gasteiger partial charge in [0.1, 0.15) is 17.4 Å². The topological polar surface area (TPSA) is 59.2 Å². The lowest BCUT2D eigenvalue weighted by atomic mass is 10.1. The van der Waals surface area contributed by atoms with Crippen molar-refractivity contribution in [3.05, 3.63) is 53.6 Å². The SMILES string of the molecule is Cc1ccc(F)cc1-c1noc(-c2ccc(O)cc2F)n1. The molecular weight excluding hydrogens is 278 g/mol. The second-order valence-corrected chi connectivity index (χ2v) is 4.55. The molecule has 21 heavy (non-hydrogen) atoms. The molecule has 1 N–H and O–H groups in total. The second kappa shape index (κ2) is 4.97. The summed E-state index contributed by atoms with van der Waals surface area (Å²) in [7, 11) is 0. The monoisotopic (exact) mass is 288 g/mol. The van der Waals surface area contributed by atoms with Crippen molar-refractivity contribution in [3.8, 4) is 28.6 Å². The number of aromatic nitrogens is 2. The number of aryl methyl sites for hydroxylation is 1.